The van der Waals surface area contributed by atoms with Crippen LogP contribution in [-0.2, 0) is 0 Å². The lowest BCUT2D eigenvalue weighted by molar-refractivity contribution is 0.636. The zero-order valence-corrected chi connectivity index (χ0v) is 8.18. The normalized spacial score (nSPS) is 10.6. The largest absolute Gasteiger partial charge is 0.397 e. The van der Waals surface area contributed by atoms with Gasteiger partial charge in [-0.15, -0.1) is 0 Å². The monoisotopic (exact) mass is 240 g/mol. The number of benzene rings is 1. The molecule has 0 amide bonds. The van der Waals surface area contributed by atoms with Gasteiger partial charge in [-0.05, 0) is 18.2 Å². The summed E-state index contributed by atoms with van der Waals surface area (Å²) in [5, 5.41) is 0.694. The Morgan fingerprint density at radius 2 is 2.15 bits per heavy atom. The van der Waals surface area contributed by atoms with Crippen LogP contribution >= 0.6 is 15.9 Å². The summed E-state index contributed by atoms with van der Waals surface area (Å²) in [6.07, 6.45) is 1.44. The topological polar surface area (TPSA) is 38.9 Å². The molecule has 0 unspecified atom stereocenters. The SMILES string of the molecule is Nc1cnc2c(F)ccc(Br)c2c1. The van der Waals surface area contributed by atoms with Gasteiger partial charge < -0.3 is 5.73 Å². The fraction of sp³-hybridized carbons (Fsp3) is 0. The van der Waals surface area contributed by atoms with Gasteiger partial charge in [-0.1, -0.05) is 15.9 Å². The van der Waals surface area contributed by atoms with E-state index in [9.17, 15) is 4.39 Å². The van der Waals surface area contributed by atoms with Crippen molar-refractivity contribution in [2.75, 3.05) is 5.73 Å². The maximum atomic E-state index is 13.2. The maximum absolute atomic E-state index is 13.2. The number of rotatable bonds is 0. The molecule has 0 radical (unpaired) electrons. The van der Waals surface area contributed by atoms with Gasteiger partial charge in [0.25, 0.3) is 0 Å². The van der Waals surface area contributed by atoms with Crippen LogP contribution in [-0.4, -0.2) is 4.98 Å². The average molecular weight is 241 g/mol. The summed E-state index contributed by atoms with van der Waals surface area (Å²) in [5.74, 6) is -0.335. The quantitative estimate of drug-likeness (QED) is 0.770. The zero-order chi connectivity index (χ0) is 9.42. The van der Waals surface area contributed by atoms with Crippen LogP contribution in [0, 0.1) is 5.82 Å². The second-order valence-electron chi connectivity index (χ2n) is 2.69. The minimum atomic E-state index is -0.335. The summed E-state index contributed by atoms with van der Waals surface area (Å²) in [7, 11) is 0. The van der Waals surface area contributed by atoms with Crippen LogP contribution in [0.1, 0.15) is 0 Å². The van der Waals surface area contributed by atoms with Crippen LogP contribution in [0.5, 0.6) is 0 Å². The molecule has 0 aliphatic carbocycles. The van der Waals surface area contributed by atoms with Crippen LogP contribution in [0.2, 0.25) is 0 Å². The lowest BCUT2D eigenvalue weighted by atomic mass is 10.2. The van der Waals surface area contributed by atoms with E-state index < -0.39 is 0 Å². The Morgan fingerprint density at radius 1 is 1.38 bits per heavy atom. The van der Waals surface area contributed by atoms with Crippen molar-refractivity contribution in [3.63, 3.8) is 0 Å². The van der Waals surface area contributed by atoms with E-state index >= 15 is 0 Å². The van der Waals surface area contributed by atoms with Crippen molar-refractivity contribution in [1.29, 1.82) is 0 Å². The van der Waals surface area contributed by atoms with Gasteiger partial charge in [0.05, 0.1) is 11.9 Å². The Hall–Kier alpha value is -1.16. The van der Waals surface area contributed by atoms with Crippen molar-refractivity contribution in [3.05, 3.63) is 34.7 Å². The minimum absolute atomic E-state index is 0.335. The summed E-state index contributed by atoms with van der Waals surface area (Å²) >= 11 is 3.30. The number of hydrogen-bond donors (Lipinski definition) is 1. The highest BCUT2D eigenvalue weighted by Crippen LogP contribution is 2.25. The molecule has 0 saturated heterocycles. The molecule has 4 heteroatoms. The van der Waals surface area contributed by atoms with Gasteiger partial charge in [-0.3, -0.25) is 4.98 Å². The number of nitrogens with zero attached hydrogens (tertiary/aromatic N) is 1. The number of pyridine rings is 1. The molecule has 2 rings (SSSR count). The van der Waals surface area contributed by atoms with Crippen LogP contribution in [0.4, 0.5) is 10.1 Å². The van der Waals surface area contributed by atoms with Gasteiger partial charge >= 0.3 is 0 Å². The van der Waals surface area contributed by atoms with E-state index in [1.165, 1.54) is 12.3 Å². The molecular formula is C9H6BrFN2. The molecule has 0 bridgehead atoms. The highest BCUT2D eigenvalue weighted by atomic mass is 79.9. The third-order valence-corrected chi connectivity index (χ3v) is 2.46. The Balaban J connectivity index is 2.92. The summed E-state index contributed by atoms with van der Waals surface area (Å²) in [4.78, 5) is 3.91. The lowest BCUT2D eigenvalue weighted by Gasteiger charge is -2.01. The van der Waals surface area contributed by atoms with Gasteiger partial charge in [0, 0.05) is 9.86 Å². The predicted octanol–water partition coefficient (Wildman–Crippen LogP) is 2.72. The number of nitrogens with two attached hydrogens (primary N) is 1. The summed E-state index contributed by atoms with van der Waals surface area (Å²) in [6.45, 7) is 0. The fourth-order valence-electron chi connectivity index (χ4n) is 1.17. The molecule has 2 nitrogen and oxygen atoms in total. The number of halogens is 2. The standard InChI is InChI=1S/C9H6BrFN2/c10-7-1-2-8(11)9-6(7)3-5(12)4-13-9/h1-4H,12H2. The molecule has 66 valence electrons. The van der Waals surface area contributed by atoms with E-state index in [1.54, 1.807) is 12.1 Å². The Bertz CT molecular complexity index is 470. The van der Waals surface area contributed by atoms with Gasteiger partial charge in [0.2, 0.25) is 0 Å². The van der Waals surface area contributed by atoms with Crippen molar-refractivity contribution in [1.82, 2.24) is 4.98 Å². The lowest BCUT2D eigenvalue weighted by Crippen LogP contribution is -1.90. The van der Waals surface area contributed by atoms with Crippen LogP contribution in [0.15, 0.2) is 28.9 Å². The molecule has 1 aromatic carbocycles. The van der Waals surface area contributed by atoms with E-state index in [4.69, 9.17) is 5.73 Å². The zero-order valence-electron chi connectivity index (χ0n) is 6.59. The highest BCUT2D eigenvalue weighted by molar-refractivity contribution is 9.10. The van der Waals surface area contributed by atoms with Crippen LogP contribution < -0.4 is 5.73 Å². The van der Waals surface area contributed by atoms with Crippen molar-refractivity contribution in [2.45, 2.75) is 0 Å². The molecule has 0 aliphatic heterocycles. The Morgan fingerprint density at radius 3 is 2.92 bits per heavy atom. The van der Waals surface area contributed by atoms with Gasteiger partial charge in [-0.25, -0.2) is 4.39 Å². The van der Waals surface area contributed by atoms with E-state index in [2.05, 4.69) is 20.9 Å². The number of anilines is 1. The number of aromatic nitrogens is 1. The molecule has 0 fully saturated rings. The third kappa shape index (κ3) is 1.37. The van der Waals surface area contributed by atoms with Gasteiger partial charge in [0.15, 0.2) is 0 Å². The summed E-state index contributed by atoms with van der Waals surface area (Å²) < 4.78 is 14.0. The van der Waals surface area contributed by atoms with Crippen LogP contribution in [0.25, 0.3) is 10.9 Å². The fourth-order valence-corrected chi connectivity index (χ4v) is 1.60. The minimum Gasteiger partial charge on any atom is -0.397 e. The first-order valence-corrected chi connectivity index (χ1v) is 4.47. The molecular weight excluding hydrogens is 235 g/mol. The average Bonchev–Trinajstić information content (AvgIpc) is 2.12. The van der Waals surface area contributed by atoms with Crippen LogP contribution in [0.3, 0.4) is 0 Å². The number of nitrogen functional groups attached to an aromatic ring is 1. The smallest absolute Gasteiger partial charge is 0.149 e. The summed E-state index contributed by atoms with van der Waals surface area (Å²) in [5.41, 5.74) is 6.40. The molecule has 1 heterocycles. The van der Waals surface area contributed by atoms with E-state index in [0.717, 1.165) is 4.47 Å². The second-order valence-corrected chi connectivity index (χ2v) is 3.55. The van der Waals surface area contributed by atoms with Gasteiger partial charge in [-0.2, -0.15) is 0 Å². The van der Waals surface area contributed by atoms with Crippen molar-refractivity contribution in [2.24, 2.45) is 0 Å². The molecule has 2 aromatic rings. The molecule has 1 aromatic heterocycles. The molecule has 2 N–H and O–H groups in total. The first-order chi connectivity index (χ1) is 6.18. The molecule has 0 spiro atoms. The maximum Gasteiger partial charge on any atom is 0.149 e. The van der Waals surface area contributed by atoms with Gasteiger partial charge in [0.1, 0.15) is 11.3 Å². The third-order valence-electron chi connectivity index (χ3n) is 1.77. The molecule has 13 heavy (non-hydrogen) atoms. The predicted molar refractivity (Wildman–Crippen MR) is 53.8 cm³/mol. The Kier molecular flexibility index (Phi) is 1.92. The van der Waals surface area contributed by atoms with Crippen molar-refractivity contribution >= 4 is 32.5 Å². The summed E-state index contributed by atoms with van der Waals surface area (Å²) in [6, 6.07) is 4.70. The van der Waals surface area contributed by atoms with Crippen molar-refractivity contribution < 1.29 is 4.39 Å². The number of fused-ring (bicyclic) bond motifs is 1. The molecule has 0 atom stereocenters. The molecule has 0 aliphatic rings. The first kappa shape index (κ1) is 8.44. The highest BCUT2D eigenvalue weighted by Gasteiger charge is 2.04. The second kappa shape index (κ2) is 2.96. The van der Waals surface area contributed by atoms with E-state index in [-0.39, 0.29) is 5.82 Å². The first-order valence-electron chi connectivity index (χ1n) is 3.68. The number of hydrogen-bond acceptors (Lipinski definition) is 2. The molecule has 0 saturated carbocycles. The van der Waals surface area contributed by atoms with E-state index in [1.807, 2.05) is 0 Å². The van der Waals surface area contributed by atoms with Crippen molar-refractivity contribution in [3.8, 4) is 0 Å². The Labute approximate surface area is 82.7 Å². The van der Waals surface area contributed by atoms with E-state index in [0.29, 0.717) is 16.6 Å².